The van der Waals surface area contributed by atoms with Gasteiger partial charge in [0.05, 0.1) is 0 Å². The molecule has 0 saturated heterocycles. The van der Waals surface area contributed by atoms with E-state index in [-0.39, 0.29) is 18.4 Å². The summed E-state index contributed by atoms with van der Waals surface area (Å²) in [5.41, 5.74) is 2.64. The Morgan fingerprint density at radius 3 is 2.87 bits per heavy atom. The number of cyclic esters (lactones) is 1. The number of hydrogen-bond donors (Lipinski definition) is 0. The van der Waals surface area contributed by atoms with Gasteiger partial charge in [-0.1, -0.05) is 13.0 Å². The molecule has 0 amide bonds. The fourth-order valence-corrected chi connectivity index (χ4v) is 1.70. The average molecular weight is 206 g/mol. The minimum Gasteiger partial charge on any atom is -0.458 e. The van der Waals surface area contributed by atoms with Gasteiger partial charge < -0.3 is 4.74 Å². The lowest BCUT2D eigenvalue weighted by atomic mass is 9.99. The molecular formula is C12H11FO2. The summed E-state index contributed by atoms with van der Waals surface area (Å²) in [5.74, 6) is -0.571. The van der Waals surface area contributed by atoms with Gasteiger partial charge in [-0.2, -0.15) is 0 Å². The molecule has 0 N–H and O–H groups in total. The van der Waals surface area contributed by atoms with Crippen molar-refractivity contribution in [3.8, 4) is 0 Å². The van der Waals surface area contributed by atoms with E-state index < -0.39 is 0 Å². The summed E-state index contributed by atoms with van der Waals surface area (Å²) in [6.07, 6.45) is 2.20. The fourth-order valence-electron chi connectivity index (χ4n) is 1.70. The Bertz CT molecular complexity index is 435. The SMILES string of the molecule is CCc1cc(F)ccc1C1=CC(=O)OC1. The molecule has 15 heavy (non-hydrogen) atoms. The summed E-state index contributed by atoms with van der Waals surface area (Å²) in [4.78, 5) is 10.9. The highest BCUT2D eigenvalue weighted by atomic mass is 19.1. The number of carbonyl (C=O) groups excluding carboxylic acids is 1. The minimum absolute atomic E-state index is 0.249. The van der Waals surface area contributed by atoms with Crippen molar-refractivity contribution in [1.29, 1.82) is 0 Å². The molecule has 2 nitrogen and oxygen atoms in total. The lowest BCUT2D eigenvalue weighted by Crippen LogP contribution is -1.95. The van der Waals surface area contributed by atoms with Crippen LogP contribution < -0.4 is 0 Å². The minimum atomic E-state index is -0.323. The molecular weight excluding hydrogens is 195 g/mol. The predicted molar refractivity (Wildman–Crippen MR) is 54.7 cm³/mol. The zero-order valence-electron chi connectivity index (χ0n) is 8.42. The van der Waals surface area contributed by atoms with Crippen LogP contribution in [0.3, 0.4) is 0 Å². The standard InChI is InChI=1S/C12H11FO2/c1-2-8-5-10(13)3-4-11(8)9-6-12(14)15-7-9/h3-6H,2,7H2,1H3. The van der Waals surface area contributed by atoms with Crippen LogP contribution in [0.1, 0.15) is 18.1 Å². The van der Waals surface area contributed by atoms with Crippen molar-refractivity contribution in [2.75, 3.05) is 6.61 Å². The van der Waals surface area contributed by atoms with Crippen LogP contribution in [0.2, 0.25) is 0 Å². The molecule has 0 bridgehead atoms. The van der Waals surface area contributed by atoms with Gasteiger partial charge in [0.15, 0.2) is 0 Å². The largest absolute Gasteiger partial charge is 0.458 e. The highest BCUT2D eigenvalue weighted by molar-refractivity contribution is 5.96. The molecule has 78 valence electrons. The zero-order chi connectivity index (χ0) is 10.8. The normalized spacial score (nSPS) is 15.1. The molecule has 0 fully saturated rings. The summed E-state index contributed by atoms with van der Waals surface area (Å²) in [6.45, 7) is 2.24. The van der Waals surface area contributed by atoms with E-state index in [1.165, 1.54) is 18.2 Å². The Morgan fingerprint density at radius 1 is 1.47 bits per heavy atom. The Kier molecular flexibility index (Phi) is 2.54. The van der Waals surface area contributed by atoms with Gasteiger partial charge in [0.2, 0.25) is 0 Å². The third kappa shape index (κ3) is 1.91. The van der Waals surface area contributed by atoms with E-state index in [9.17, 15) is 9.18 Å². The summed E-state index contributed by atoms with van der Waals surface area (Å²) in [6, 6.07) is 4.60. The van der Waals surface area contributed by atoms with Crippen molar-refractivity contribution in [3.63, 3.8) is 0 Å². The Hall–Kier alpha value is -1.64. The first kappa shape index (κ1) is 9.90. The van der Waals surface area contributed by atoms with Gasteiger partial charge in [-0.05, 0) is 29.7 Å². The monoisotopic (exact) mass is 206 g/mol. The second kappa shape index (κ2) is 3.85. The third-order valence-electron chi connectivity index (χ3n) is 2.46. The molecule has 0 spiro atoms. The Morgan fingerprint density at radius 2 is 2.27 bits per heavy atom. The maximum absolute atomic E-state index is 13.0. The highest BCUT2D eigenvalue weighted by Crippen LogP contribution is 2.24. The van der Waals surface area contributed by atoms with E-state index in [2.05, 4.69) is 0 Å². The van der Waals surface area contributed by atoms with Gasteiger partial charge in [0, 0.05) is 11.6 Å². The topological polar surface area (TPSA) is 26.3 Å². The Balaban J connectivity index is 2.44. The van der Waals surface area contributed by atoms with Crippen LogP contribution >= 0.6 is 0 Å². The number of hydrogen-bond acceptors (Lipinski definition) is 2. The lowest BCUT2D eigenvalue weighted by molar-refractivity contribution is -0.134. The van der Waals surface area contributed by atoms with E-state index in [1.807, 2.05) is 6.92 Å². The van der Waals surface area contributed by atoms with Gasteiger partial charge in [0.25, 0.3) is 0 Å². The van der Waals surface area contributed by atoms with E-state index in [0.29, 0.717) is 0 Å². The maximum atomic E-state index is 13.0. The second-order valence-electron chi connectivity index (χ2n) is 3.43. The smallest absolute Gasteiger partial charge is 0.331 e. The van der Waals surface area contributed by atoms with Crippen LogP contribution in [-0.4, -0.2) is 12.6 Å². The lowest BCUT2D eigenvalue weighted by Gasteiger charge is -2.07. The van der Waals surface area contributed by atoms with E-state index >= 15 is 0 Å². The molecule has 1 aliphatic rings. The van der Waals surface area contributed by atoms with Crippen molar-refractivity contribution in [2.24, 2.45) is 0 Å². The number of esters is 1. The van der Waals surface area contributed by atoms with Crippen LogP contribution in [0.25, 0.3) is 5.57 Å². The number of aryl methyl sites for hydroxylation is 1. The molecule has 2 rings (SSSR count). The van der Waals surface area contributed by atoms with Crippen LogP contribution in [-0.2, 0) is 16.0 Å². The van der Waals surface area contributed by atoms with E-state index in [0.717, 1.165) is 23.1 Å². The first-order valence-electron chi connectivity index (χ1n) is 4.87. The van der Waals surface area contributed by atoms with Crippen molar-refractivity contribution < 1.29 is 13.9 Å². The predicted octanol–water partition coefficient (Wildman–Crippen LogP) is 2.33. The number of rotatable bonds is 2. The molecule has 0 atom stereocenters. The molecule has 1 heterocycles. The molecule has 1 aromatic rings. The van der Waals surface area contributed by atoms with Gasteiger partial charge in [0.1, 0.15) is 12.4 Å². The highest BCUT2D eigenvalue weighted by Gasteiger charge is 2.16. The zero-order valence-corrected chi connectivity index (χ0v) is 8.42. The molecule has 0 aliphatic carbocycles. The first-order valence-corrected chi connectivity index (χ1v) is 4.87. The molecule has 3 heteroatoms. The van der Waals surface area contributed by atoms with Crippen LogP contribution in [0.15, 0.2) is 24.3 Å². The first-order chi connectivity index (χ1) is 7.20. The molecule has 0 saturated carbocycles. The van der Waals surface area contributed by atoms with E-state index in [4.69, 9.17) is 4.74 Å². The van der Waals surface area contributed by atoms with Gasteiger partial charge in [-0.15, -0.1) is 0 Å². The average Bonchev–Trinajstić information content (AvgIpc) is 2.64. The number of carbonyl (C=O) groups is 1. The van der Waals surface area contributed by atoms with Crippen molar-refractivity contribution in [1.82, 2.24) is 0 Å². The fraction of sp³-hybridized carbons (Fsp3) is 0.250. The quantitative estimate of drug-likeness (QED) is 0.694. The second-order valence-corrected chi connectivity index (χ2v) is 3.43. The molecule has 0 radical (unpaired) electrons. The summed E-state index contributed by atoms with van der Waals surface area (Å²) < 4.78 is 17.8. The summed E-state index contributed by atoms with van der Waals surface area (Å²) >= 11 is 0. The van der Waals surface area contributed by atoms with Gasteiger partial charge >= 0.3 is 5.97 Å². The molecule has 1 aliphatic heterocycles. The van der Waals surface area contributed by atoms with Crippen molar-refractivity contribution in [3.05, 3.63) is 41.2 Å². The summed E-state index contributed by atoms with van der Waals surface area (Å²) in [5, 5.41) is 0. The molecule has 0 aromatic heterocycles. The van der Waals surface area contributed by atoms with Gasteiger partial charge in [-0.25, -0.2) is 9.18 Å². The third-order valence-corrected chi connectivity index (χ3v) is 2.46. The van der Waals surface area contributed by atoms with Crippen LogP contribution in [0.4, 0.5) is 4.39 Å². The summed E-state index contributed by atoms with van der Waals surface area (Å²) in [7, 11) is 0. The van der Waals surface area contributed by atoms with Crippen LogP contribution in [0, 0.1) is 5.82 Å². The van der Waals surface area contributed by atoms with Crippen molar-refractivity contribution in [2.45, 2.75) is 13.3 Å². The molecule has 0 unspecified atom stereocenters. The van der Waals surface area contributed by atoms with Crippen LogP contribution in [0.5, 0.6) is 0 Å². The van der Waals surface area contributed by atoms with E-state index in [1.54, 1.807) is 6.07 Å². The van der Waals surface area contributed by atoms with Crippen molar-refractivity contribution >= 4 is 11.5 Å². The Labute approximate surface area is 87.4 Å². The maximum Gasteiger partial charge on any atom is 0.331 e. The number of ether oxygens (including phenoxy) is 1. The molecule has 1 aromatic carbocycles. The number of halogens is 1. The van der Waals surface area contributed by atoms with Gasteiger partial charge in [-0.3, -0.25) is 0 Å². The number of benzene rings is 1.